The van der Waals surface area contributed by atoms with E-state index in [0.717, 1.165) is 0 Å². The Labute approximate surface area is 233 Å². The van der Waals surface area contributed by atoms with E-state index in [1.807, 2.05) is 0 Å². The largest absolute Gasteiger partial charge is 0.491 e. The van der Waals surface area contributed by atoms with Gasteiger partial charge in [0, 0.05) is 36.8 Å². The highest BCUT2D eigenvalue weighted by Gasteiger charge is 2.45. The van der Waals surface area contributed by atoms with Gasteiger partial charge in [0.2, 0.25) is 20.0 Å². The number of aliphatic hydroxyl groups excluding tert-OH is 1. The van der Waals surface area contributed by atoms with Crippen LogP contribution < -0.4 is 14.8 Å². The molecule has 2 saturated heterocycles. The number of rotatable bonds is 10. The molecular formula is C24H31Cl2N3O7S2. The third-order valence-corrected chi connectivity index (χ3v) is 10.9. The quantitative estimate of drug-likeness (QED) is 0.374. The fourth-order valence-corrected chi connectivity index (χ4v) is 7.64. The molecule has 2 aromatic rings. The summed E-state index contributed by atoms with van der Waals surface area (Å²) < 4.78 is 65.4. The van der Waals surface area contributed by atoms with E-state index in [-0.39, 0.29) is 34.0 Å². The lowest BCUT2D eigenvalue weighted by Gasteiger charge is -2.38. The highest BCUT2D eigenvalue weighted by molar-refractivity contribution is 7.89. The van der Waals surface area contributed by atoms with Crippen LogP contribution in [-0.4, -0.2) is 83.9 Å². The lowest BCUT2D eigenvalue weighted by Crippen LogP contribution is -2.47. The van der Waals surface area contributed by atoms with Crippen LogP contribution in [0.1, 0.15) is 19.3 Å². The fourth-order valence-electron chi connectivity index (χ4n) is 4.68. The van der Waals surface area contributed by atoms with E-state index in [9.17, 15) is 21.9 Å². The topological polar surface area (TPSA) is 134 Å². The van der Waals surface area contributed by atoms with Gasteiger partial charge in [-0.15, -0.1) is 0 Å². The van der Waals surface area contributed by atoms with Gasteiger partial charge in [0.05, 0.1) is 22.1 Å². The molecule has 210 valence electrons. The maximum absolute atomic E-state index is 13.1. The normalized spacial score (nSPS) is 21.0. The molecule has 2 fully saturated rings. The Morgan fingerprint density at radius 2 is 1.89 bits per heavy atom. The Bertz CT molecular complexity index is 1350. The zero-order chi connectivity index (χ0) is 27.6. The number of halogens is 2. The van der Waals surface area contributed by atoms with Gasteiger partial charge >= 0.3 is 0 Å². The maximum Gasteiger partial charge on any atom is 0.244 e. The summed E-state index contributed by atoms with van der Waals surface area (Å²) in [6.45, 7) is 1.32. The zero-order valence-electron chi connectivity index (χ0n) is 20.8. The first-order valence-corrected chi connectivity index (χ1v) is 15.8. The highest BCUT2D eigenvalue weighted by atomic mass is 35.5. The molecular weight excluding hydrogens is 577 g/mol. The van der Waals surface area contributed by atoms with Crippen LogP contribution in [0.15, 0.2) is 52.3 Å². The zero-order valence-corrected chi connectivity index (χ0v) is 23.9. The molecule has 0 amide bonds. The number of benzene rings is 2. The predicted molar refractivity (Wildman–Crippen MR) is 144 cm³/mol. The number of sulfonamides is 2. The van der Waals surface area contributed by atoms with E-state index in [2.05, 4.69) is 10.0 Å². The van der Waals surface area contributed by atoms with Crippen LogP contribution in [0.2, 0.25) is 10.0 Å². The number of nitrogens with zero attached hydrogens (tertiary/aromatic N) is 1. The van der Waals surface area contributed by atoms with Crippen LogP contribution in [0.25, 0.3) is 0 Å². The minimum absolute atomic E-state index is 0.00242. The molecule has 1 spiro atoms. The van der Waals surface area contributed by atoms with Gasteiger partial charge in [0.25, 0.3) is 0 Å². The second kappa shape index (κ2) is 11.9. The highest BCUT2D eigenvalue weighted by Crippen LogP contribution is 2.38. The standard InChI is InChI=1S/C24H31Cl2N3O7S2/c1-27-37(31,32)21-4-2-3-20(12-21)35-16-19(30)14-28-18-13-24(36-15-18)7-9-29(10-8-24)38(33,34)23-6-5-17(25)11-22(23)26/h2-6,11-12,18-19,27-28,30H,7-10,13-16H2,1H3. The second-order valence-electron chi connectivity index (χ2n) is 9.43. The van der Waals surface area contributed by atoms with Gasteiger partial charge in [-0.05, 0) is 56.6 Å². The van der Waals surface area contributed by atoms with Crippen molar-refractivity contribution in [2.75, 3.05) is 39.9 Å². The van der Waals surface area contributed by atoms with Crippen molar-refractivity contribution >= 4 is 43.2 Å². The first kappa shape index (κ1) is 29.5. The predicted octanol–water partition coefficient (Wildman–Crippen LogP) is 2.24. The molecule has 2 atom stereocenters. The van der Waals surface area contributed by atoms with Crippen molar-refractivity contribution in [2.45, 2.75) is 46.8 Å². The van der Waals surface area contributed by atoms with Crippen molar-refractivity contribution in [3.05, 3.63) is 52.5 Å². The third kappa shape index (κ3) is 6.80. The molecule has 3 N–H and O–H groups in total. The summed E-state index contributed by atoms with van der Waals surface area (Å²) in [6, 6.07) is 10.4. The lowest BCUT2D eigenvalue weighted by atomic mass is 9.88. The number of aliphatic hydroxyl groups is 1. The maximum atomic E-state index is 13.1. The summed E-state index contributed by atoms with van der Waals surface area (Å²) in [4.78, 5) is 0.117. The van der Waals surface area contributed by atoms with E-state index in [1.165, 1.54) is 41.7 Å². The summed E-state index contributed by atoms with van der Waals surface area (Å²) in [6.07, 6.45) is 0.965. The molecule has 14 heteroatoms. The first-order chi connectivity index (χ1) is 17.9. The average Bonchev–Trinajstić information content (AvgIpc) is 3.28. The van der Waals surface area contributed by atoms with Gasteiger partial charge < -0.3 is 19.9 Å². The van der Waals surface area contributed by atoms with Crippen molar-refractivity contribution in [1.29, 1.82) is 0 Å². The van der Waals surface area contributed by atoms with Crippen molar-refractivity contribution in [1.82, 2.24) is 14.3 Å². The first-order valence-electron chi connectivity index (χ1n) is 12.1. The minimum atomic E-state index is -3.74. The van der Waals surface area contributed by atoms with Crippen LogP contribution in [-0.2, 0) is 24.8 Å². The van der Waals surface area contributed by atoms with Crippen LogP contribution >= 0.6 is 23.2 Å². The number of hydrogen-bond donors (Lipinski definition) is 3. The molecule has 0 aliphatic carbocycles. The lowest BCUT2D eigenvalue weighted by molar-refractivity contribution is -0.0312. The molecule has 2 unspecified atom stereocenters. The Morgan fingerprint density at radius 3 is 2.58 bits per heavy atom. The van der Waals surface area contributed by atoms with Crippen molar-refractivity contribution < 1.29 is 31.4 Å². The molecule has 38 heavy (non-hydrogen) atoms. The molecule has 0 radical (unpaired) electrons. The van der Waals surface area contributed by atoms with E-state index >= 15 is 0 Å². The molecule has 0 aromatic heterocycles. The van der Waals surface area contributed by atoms with Gasteiger partial charge in [-0.1, -0.05) is 29.3 Å². The molecule has 10 nitrogen and oxygen atoms in total. The van der Waals surface area contributed by atoms with E-state index in [1.54, 1.807) is 12.1 Å². The van der Waals surface area contributed by atoms with E-state index in [4.69, 9.17) is 32.7 Å². The number of hydrogen-bond acceptors (Lipinski definition) is 8. The van der Waals surface area contributed by atoms with Gasteiger partial charge in [0.15, 0.2) is 0 Å². The summed E-state index contributed by atoms with van der Waals surface area (Å²) in [5.41, 5.74) is -0.422. The van der Waals surface area contributed by atoms with Gasteiger partial charge in [0.1, 0.15) is 23.4 Å². The Kier molecular flexibility index (Phi) is 9.28. The van der Waals surface area contributed by atoms with Gasteiger partial charge in [-0.3, -0.25) is 0 Å². The van der Waals surface area contributed by atoms with E-state index < -0.39 is 31.8 Å². The Morgan fingerprint density at radius 1 is 1.16 bits per heavy atom. The Balaban J connectivity index is 1.24. The van der Waals surface area contributed by atoms with Crippen molar-refractivity contribution in [2.24, 2.45) is 0 Å². The smallest absolute Gasteiger partial charge is 0.244 e. The SMILES string of the molecule is CNS(=O)(=O)c1cccc(OCC(O)CNC2COC3(CCN(S(=O)(=O)c4ccc(Cl)cc4Cl)CC3)C2)c1. The second-order valence-corrected chi connectivity index (χ2v) is 14.1. The molecule has 0 bridgehead atoms. The monoisotopic (exact) mass is 607 g/mol. The molecule has 2 aliphatic rings. The van der Waals surface area contributed by atoms with Crippen LogP contribution in [0.5, 0.6) is 5.75 Å². The summed E-state index contributed by atoms with van der Waals surface area (Å²) >= 11 is 12.0. The molecule has 2 heterocycles. The number of ether oxygens (including phenoxy) is 2. The number of piperidine rings is 1. The van der Waals surface area contributed by atoms with E-state index in [0.29, 0.717) is 49.7 Å². The molecule has 2 aliphatic heterocycles. The molecule has 4 rings (SSSR count). The van der Waals surface area contributed by atoms with Crippen LogP contribution in [0, 0.1) is 0 Å². The van der Waals surface area contributed by atoms with Gasteiger partial charge in [-0.25, -0.2) is 21.6 Å². The van der Waals surface area contributed by atoms with Gasteiger partial charge in [-0.2, -0.15) is 4.31 Å². The Hall–Kier alpha value is -1.48. The summed E-state index contributed by atoms with van der Waals surface area (Å²) in [5.74, 6) is 0.338. The summed E-state index contributed by atoms with van der Waals surface area (Å²) in [5, 5.41) is 14.1. The summed E-state index contributed by atoms with van der Waals surface area (Å²) in [7, 11) is -6.00. The minimum Gasteiger partial charge on any atom is -0.491 e. The molecule has 2 aromatic carbocycles. The fraction of sp³-hybridized carbons (Fsp3) is 0.500. The third-order valence-electron chi connectivity index (χ3n) is 6.82. The van der Waals surface area contributed by atoms with Crippen molar-refractivity contribution in [3.8, 4) is 5.75 Å². The average molecular weight is 609 g/mol. The van der Waals surface area contributed by atoms with Crippen LogP contribution in [0.3, 0.4) is 0 Å². The van der Waals surface area contributed by atoms with Crippen LogP contribution in [0.4, 0.5) is 0 Å². The molecule has 0 saturated carbocycles. The number of nitrogens with one attached hydrogen (secondary N) is 2. The van der Waals surface area contributed by atoms with Crippen molar-refractivity contribution in [3.63, 3.8) is 0 Å².